The Balaban J connectivity index is 1.38. The molecule has 28 heavy (non-hydrogen) atoms. The number of carbonyl (C=O) groups excluding carboxylic acids is 1. The van der Waals surface area contributed by atoms with Gasteiger partial charge >= 0.3 is 5.97 Å². The molecule has 0 aromatic heterocycles. The van der Waals surface area contributed by atoms with Crippen LogP contribution in [0.25, 0.3) is 0 Å². The number of fused-ring (bicyclic) bond motifs is 1. The number of carbonyl (C=O) groups is 2. The molecule has 3 aliphatic rings. The van der Waals surface area contributed by atoms with Crippen molar-refractivity contribution in [2.24, 2.45) is 5.92 Å². The second-order valence-electron chi connectivity index (χ2n) is 8.42. The first kappa shape index (κ1) is 19.4. The zero-order chi connectivity index (χ0) is 19.5. The summed E-state index contributed by atoms with van der Waals surface area (Å²) in [6, 6.07) is 9.75. The first-order valence-electron chi connectivity index (χ1n) is 10.5. The third kappa shape index (κ3) is 4.23. The monoisotopic (exact) mass is 386 g/mol. The number of nitrogens with zero attached hydrogens (tertiary/aromatic N) is 2. The smallest absolute Gasteiger partial charge is 0.326 e. The number of carboxylic acids is 1. The second kappa shape index (κ2) is 8.62. The lowest BCUT2D eigenvalue weighted by Crippen LogP contribution is -2.49. The highest BCUT2D eigenvalue weighted by atomic mass is 16.5. The molecule has 3 fully saturated rings. The molecule has 1 aliphatic carbocycles. The minimum atomic E-state index is -0.863. The number of ether oxygens (including phenoxy) is 1. The van der Waals surface area contributed by atoms with E-state index < -0.39 is 12.0 Å². The standard InChI is InChI=1S/C22H30N2O4/c25-21(24-19-9-5-4-8-17(19)12-20(24)22(26)27)13-18-15-23(10-11-28-18)14-16-6-2-1-3-7-16/h1-3,6-7,17-20H,4-5,8-15H2,(H,26,27). The molecule has 1 amide bonds. The summed E-state index contributed by atoms with van der Waals surface area (Å²) in [4.78, 5) is 28.9. The third-order valence-electron chi connectivity index (χ3n) is 6.54. The van der Waals surface area contributed by atoms with Gasteiger partial charge in [-0.05, 0) is 30.7 Å². The molecule has 1 aromatic carbocycles. The Bertz CT molecular complexity index is 695. The Morgan fingerprint density at radius 3 is 2.71 bits per heavy atom. The third-order valence-corrected chi connectivity index (χ3v) is 6.54. The maximum Gasteiger partial charge on any atom is 0.326 e. The summed E-state index contributed by atoms with van der Waals surface area (Å²) in [5, 5.41) is 9.66. The van der Waals surface area contributed by atoms with E-state index in [0.29, 0.717) is 25.5 Å². The van der Waals surface area contributed by atoms with Crippen LogP contribution >= 0.6 is 0 Å². The average molecular weight is 386 g/mol. The molecular formula is C22H30N2O4. The van der Waals surface area contributed by atoms with Crippen LogP contribution in [0.5, 0.6) is 0 Å². The van der Waals surface area contributed by atoms with Crippen LogP contribution in [0.3, 0.4) is 0 Å². The molecule has 0 spiro atoms. The van der Waals surface area contributed by atoms with E-state index in [1.54, 1.807) is 4.90 Å². The summed E-state index contributed by atoms with van der Waals surface area (Å²) in [7, 11) is 0. The zero-order valence-electron chi connectivity index (χ0n) is 16.3. The molecule has 4 unspecified atom stereocenters. The first-order valence-corrected chi connectivity index (χ1v) is 10.5. The van der Waals surface area contributed by atoms with E-state index in [-0.39, 0.29) is 24.5 Å². The molecule has 2 heterocycles. The van der Waals surface area contributed by atoms with Crippen molar-refractivity contribution < 1.29 is 19.4 Å². The van der Waals surface area contributed by atoms with Gasteiger partial charge < -0.3 is 14.7 Å². The molecular weight excluding hydrogens is 356 g/mol. The molecule has 6 heteroatoms. The molecule has 2 aliphatic heterocycles. The van der Waals surface area contributed by atoms with E-state index >= 15 is 0 Å². The van der Waals surface area contributed by atoms with Gasteiger partial charge in [0.15, 0.2) is 0 Å². The summed E-state index contributed by atoms with van der Waals surface area (Å²) < 4.78 is 5.87. The Morgan fingerprint density at radius 2 is 1.93 bits per heavy atom. The van der Waals surface area contributed by atoms with Gasteiger partial charge in [-0.1, -0.05) is 43.2 Å². The van der Waals surface area contributed by atoms with Gasteiger partial charge in [-0.2, -0.15) is 0 Å². The number of morpholine rings is 1. The van der Waals surface area contributed by atoms with Gasteiger partial charge in [0.05, 0.1) is 19.1 Å². The van der Waals surface area contributed by atoms with E-state index in [0.717, 1.165) is 38.8 Å². The number of rotatable bonds is 5. The average Bonchev–Trinajstić information content (AvgIpc) is 3.09. The molecule has 0 radical (unpaired) electrons. The Morgan fingerprint density at radius 1 is 1.14 bits per heavy atom. The fraction of sp³-hybridized carbons (Fsp3) is 0.636. The highest BCUT2D eigenvalue weighted by Gasteiger charge is 2.47. The summed E-state index contributed by atoms with van der Waals surface area (Å²) >= 11 is 0. The zero-order valence-corrected chi connectivity index (χ0v) is 16.3. The minimum Gasteiger partial charge on any atom is -0.480 e. The van der Waals surface area contributed by atoms with E-state index in [9.17, 15) is 14.7 Å². The lowest BCUT2D eigenvalue weighted by Gasteiger charge is -2.36. The molecule has 4 rings (SSSR count). The molecule has 1 aromatic rings. The van der Waals surface area contributed by atoms with Crippen molar-refractivity contribution in [3.05, 3.63) is 35.9 Å². The number of benzene rings is 1. The minimum absolute atomic E-state index is 0.0478. The number of hydrogen-bond donors (Lipinski definition) is 1. The summed E-state index contributed by atoms with van der Waals surface area (Å²) in [6.45, 7) is 3.02. The topological polar surface area (TPSA) is 70.1 Å². The van der Waals surface area contributed by atoms with Crippen LogP contribution in [0.1, 0.15) is 44.1 Å². The summed E-state index contributed by atoms with van der Waals surface area (Å²) in [5.41, 5.74) is 1.25. The highest BCUT2D eigenvalue weighted by molar-refractivity contribution is 5.85. The fourth-order valence-corrected chi connectivity index (χ4v) is 5.23. The van der Waals surface area contributed by atoms with Crippen LogP contribution < -0.4 is 0 Å². The largest absolute Gasteiger partial charge is 0.480 e. The molecule has 6 nitrogen and oxygen atoms in total. The van der Waals surface area contributed by atoms with Crippen LogP contribution in [0.2, 0.25) is 0 Å². The number of hydrogen-bond acceptors (Lipinski definition) is 4. The van der Waals surface area contributed by atoms with Crippen LogP contribution in [-0.2, 0) is 20.9 Å². The molecule has 152 valence electrons. The Labute approximate surface area is 166 Å². The molecule has 4 atom stereocenters. The quantitative estimate of drug-likeness (QED) is 0.842. The van der Waals surface area contributed by atoms with E-state index in [4.69, 9.17) is 4.74 Å². The van der Waals surface area contributed by atoms with Crippen LogP contribution in [0, 0.1) is 5.92 Å². The number of likely N-dealkylation sites (tertiary alicyclic amines) is 1. The van der Waals surface area contributed by atoms with Crippen LogP contribution in [0.15, 0.2) is 30.3 Å². The lowest BCUT2D eigenvalue weighted by molar-refractivity contribution is -0.152. The molecule has 0 bridgehead atoms. The SMILES string of the molecule is O=C(O)C1CC2CCCCC2N1C(=O)CC1CN(Cc2ccccc2)CCO1. The normalized spacial score (nSPS) is 30.8. The van der Waals surface area contributed by atoms with Crippen LogP contribution in [-0.4, -0.2) is 64.7 Å². The lowest BCUT2D eigenvalue weighted by atomic mass is 9.84. The van der Waals surface area contributed by atoms with E-state index in [2.05, 4.69) is 17.0 Å². The van der Waals surface area contributed by atoms with Crippen molar-refractivity contribution in [3.8, 4) is 0 Å². The van der Waals surface area contributed by atoms with E-state index in [1.165, 1.54) is 5.56 Å². The molecule has 1 N–H and O–H groups in total. The van der Waals surface area contributed by atoms with Gasteiger partial charge in [0.1, 0.15) is 6.04 Å². The Kier molecular flexibility index (Phi) is 5.97. The van der Waals surface area contributed by atoms with Crippen molar-refractivity contribution in [1.82, 2.24) is 9.80 Å². The van der Waals surface area contributed by atoms with Gasteiger partial charge in [0.25, 0.3) is 0 Å². The van der Waals surface area contributed by atoms with Gasteiger partial charge in [0, 0.05) is 25.7 Å². The predicted octanol–water partition coefficient (Wildman–Crippen LogP) is 2.52. The Hall–Kier alpha value is -1.92. The molecule has 2 saturated heterocycles. The van der Waals surface area contributed by atoms with Gasteiger partial charge in [-0.25, -0.2) is 4.79 Å². The van der Waals surface area contributed by atoms with Gasteiger partial charge in [0.2, 0.25) is 5.91 Å². The summed E-state index contributed by atoms with van der Waals surface area (Å²) in [6.07, 6.45) is 4.93. The van der Waals surface area contributed by atoms with Crippen molar-refractivity contribution in [2.75, 3.05) is 19.7 Å². The van der Waals surface area contributed by atoms with Crippen molar-refractivity contribution in [2.45, 2.75) is 63.3 Å². The maximum atomic E-state index is 13.1. The second-order valence-corrected chi connectivity index (χ2v) is 8.42. The van der Waals surface area contributed by atoms with Gasteiger partial charge in [-0.3, -0.25) is 9.69 Å². The van der Waals surface area contributed by atoms with Crippen molar-refractivity contribution >= 4 is 11.9 Å². The van der Waals surface area contributed by atoms with E-state index in [1.807, 2.05) is 18.2 Å². The highest BCUT2D eigenvalue weighted by Crippen LogP contribution is 2.40. The predicted molar refractivity (Wildman–Crippen MR) is 105 cm³/mol. The van der Waals surface area contributed by atoms with Crippen LogP contribution in [0.4, 0.5) is 0 Å². The van der Waals surface area contributed by atoms with Crippen molar-refractivity contribution in [1.29, 1.82) is 0 Å². The molecule has 1 saturated carbocycles. The maximum absolute atomic E-state index is 13.1. The summed E-state index contributed by atoms with van der Waals surface area (Å²) in [5.74, 6) is -0.563. The fourth-order valence-electron chi connectivity index (χ4n) is 5.23. The first-order chi connectivity index (χ1) is 13.6. The number of carboxylic acid groups (broad SMARTS) is 1. The van der Waals surface area contributed by atoms with Gasteiger partial charge in [-0.15, -0.1) is 0 Å². The number of amides is 1. The van der Waals surface area contributed by atoms with Crippen molar-refractivity contribution in [3.63, 3.8) is 0 Å². The number of aliphatic carboxylic acids is 1.